The fourth-order valence-corrected chi connectivity index (χ4v) is 2.90. The summed E-state index contributed by atoms with van der Waals surface area (Å²) in [4.78, 5) is 38.9. The molecular formula is C16H20N4O4. The number of amides is 3. The number of nitrogens with zero attached hydrogens (tertiary/aromatic N) is 2. The van der Waals surface area contributed by atoms with Gasteiger partial charge in [0, 0.05) is 31.4 Å². The van der Waals surface area contributed by atoms with Crippen molar-refractivity contribution in [3.05, 3.63) is 29.8 Å². The molecule has 2 saturated heterocycles. The number of hydrogen-bond donors (Lipinski definition) is 2. The summed E-state index contributed by atoms with van der Waals surface area (Å²) >= 11 is 0. The van der Waals surface area contributed by atoms with Gasteiger partial charge in [0.2, 0.25) is 5.91 Å². The molecule has 0 spiro atoms. The van der Waals surface area contributed by atoms with Crippen LogP contribution in [0.2, 0.25) is 0 Å². The second-order valence-electron chi connectivity index (χ2n) is 5.97. The van der Waals surface area contributed by atoms with E-state index in [1.807, 2.05) is 0 Å². The highest BCUT2D eigenvalue weighted by Gasteiger charge is 2.36. The van der Waals surface area contributed by atoms with E-state index in [0.717, 1.165) is 5.69 Å². The van der Waals surface area contributed by atoms with Crippen molar-refractivity contribution in [2.75, 3.05) is 38.3 Å². The van der Waals surface area contributed by atoms with Gasteiger partial charge in [-0.3, -0.25) is 14.4 Å². The first kappa shape index (κ1) is 16.4. The van der Waals surface area contributed by atoms with Gasteiger partial charge in [0.05, 0.1) is 12.6 Å². The van der Waals surface area contributed by atoms with Crippen molar-refractivity contribution >= 4 is 23.4 Å². The zero-order valence-electron chi connectivity index (χ0n) is 13.4. The van der Waals surface area contributed by atoms with Crippen LogP contribution >= 0.6 is 0 Å². The number of carbonyl (C=O) groups excluding carboxylic acids is 3. The van der Waals surface area contributed by atoms with Gasteiger partial charge in [-0.05, 0) is 24.3 Å². The Morgan fingerprint density at radius 3 is 2.58 bits per heavy atom. The van der Waals surface area contributed by atoms with Crippen molar-refractivity contribution in [1.82, 2.24) is 10.2 Å². The fraction of sp³-hybridized carbons (Fsp3) is 0.438. The maximum atomic E-state index is 12.3. The quantitative estimate of drug-likeness (QED) is 0.735. The first-order chi connectivity index (χ1) is 11.5. The van der Waals surface area contributed by atoms with Crippen LogP contribution in [-0.4, -0.2) is 68.1 Å². The minimum atomic E-state index is -0.718. The molecule has 0 bridgehead atoms. The molecule has 8 nitrogen and oxygen atoms in total. The van der Waals surface area contributed by atoms with E-state index in [-0.39, 0.29) is 24.3 Å². The number of nitrogens with one attached hydrogen (secondary N) is 1. The highest BCUT2D eigenvalue weighted by molar-refractivity contribution is 5.98. The SMILES string of the molecule is CN1CC(NC(=O)c2ccc(N3CCOCC3=O)cc2)C(N)C1=O. The molecule has 3 rings (SSSR count). The molecule has 1 aromatic carbocycles. The summed E-state index contributed by atoms with van der Waals surface area (Å²) in [5.74, 6) is -0.572. The summed E-state index contributed by atoms with van der Waals surface area (Å²) in [6, 6.07) is 5.63. The maximum absolute atomic E-state index is 12.3. The smallest absolute Gasteiger partial charge is 0.253 e. The minimum absolute atomic E-state index is 0.0728. The Bertz CT molecular complexity index is 661. The molecule has 2 atom stereocenters. The fourth-order valence-electron chi connectivity index (χ4n) is 2.90. The number of carbonyl (C=O) groups is 3. The van der Waals surface area contributed by atoms with E-state index >= 15 is 0 Å². The van der Waals surface area contributed by atoms with Crippen molar-refractivity contribution in [3.63, 3.8) is 0 Å². The van der Waals surface area contributed by atoms with Crippen molar-refractivity contribution in [2.24, 2.45) is 5.73 Å². The molecular weight excluding hydrogens is 312 g/mol. The first-order valence-corrected chi connectivity index (χ1v) is 7.77. The summed E-state index contributed by atoms with van der Waals surface area (Å²) in [6.07, 6.45) is 0. The van der Waals surface area contributed by atoms with Gasteiger partial charge in [-0.1, -0.05) is 0 Å². The molecule has 2 unspecified atom stereocenters. The second-order valence-corrected chi connectivity index (χ2v) is 5.97. The minimum Gasteiger partial charge on any atom is -0.370 e. The van der Waals surface area contributed by atoms with Crippen LogP contribution in [0.15, 0.2) is 24.3 Å². The Balaban J connectivity index is 1.66. The molecule has 128 valence electrons. The van der Waals surface area contributed by atoms with Crippen molar-refractivity contribution in [2.45, 2.75) is 12.1 Å². The molecule has 8 heteroatoms. The maximum Gasteiger partial charge on any atom is 0.253 e. The number of morpholine rings is 1. The summed E-state index contributed by atoms with van der Waals surface area (Å²) < 4.78 is 5.10. The number of nitrogens with two attached hydrogens (primary N) is 1. The molecule has 3 N–H and O–H groups in total. The number of rotatable bonds is 3. The van der Waals surface area contributed by atoms with E-state index < -0.39 is 12.1 Å². The van der Waals surface area contributed by atoms with Crippen LogP contribution in [-0.2, 0) is 14.3 Å². The third-order valence-electron chi connectivity index (χ3n) is 4.31. The first-order valence-electron chi connectivity index (χ1n) is 7.77. The van der Waals surface area contributed by atoms with Gasteiger partial charge in [-0.25, -0.2) is 0 Å². The molecule has 0 saturated carbocycles. The highest BCUT2D eigenvalue weighted by atomic mass is 16.5. The normalized spacial score (nSPS) is 24.4. The number of likely N-dealkylation sites (tertiary alicyclic amines) is 1. The molecule has 0 aliphatic carbocycles. The van der Waals surface area contributed by atoms with Crippen LogP contribution in [0.4, 0.5) is 5.69 Å². The van der Waals surface area contributed by atoms with Crippen LogP contribution < -0.4 is 16.0 Å². The Labute approximate surface area is 139 Å². The van der Waals surface area contributed by atoms with Gasteiger partial charge in [0.1, 0.15) is 12.6 Å². The van der Waals surface area contributed by atoms with E-state index in [0.29, 0.717) is 25.3 Å². The molecule has 1 aromatic rings. The molecule has 2 fully saturated rings. The Morgan fingerprint density at radius 2 is 2.00 bits per heavy atom. The van der Waals surface area contributed by atoms with Crippen LogP contribution in [0.25, 0.3) is 0 Å². The number of anilines is 1. The van der Waals surface area contributed by atoms with Gasteiger partial charge in [0.25, 0.3) is 11.8 Å². The predicted molar refractivity (Wildman–Crippen MR) is 86.5 cm³/mol. The largest absolute Gasteiger partial charge is 0.370 e. The van der Waals surface area contributed by atoms with Gasteiger partial charge < -0.3 is 25.6 Å². The Hall–Kier alpha value is -2.45. The number of hydrogen-bond acceptors (Lipinski definition) is 5. The lowest BCUT2D eigenvalue weighted by atomic mass is 10.1. The van der Waals surface area contributed by atoms with Crippen LogP contribution in [0.1, 0.15) is 10.4 Å². The van der Waals surface area contributed by atoms with E-state index in [2.05, 4.69) is 5.32 Å². The summed E-state index contributed by atoms with van der Waals surface area (Å²) in [5.41, 5.74) is 7.00. The molecule has 3 amide bonds. The van der Waals surface area contributed by atoms with Gasteiger partial charge in [0.15, 0.2) is 0 Å². The van der Waals surface area contributed by atoms with Gasteiger partial charge >= 0.3 is 0 Å². The molecule has 24 heavy (non-hydrogen) atoms. The van der Waals surface area contributed by atoms with E-state index in [1.54, 1.807) is 36.2 Å². The molecule has 0 radical (unpaired) electrons. The zero-order valence-corrected chi connectivity index (χ0v) is 13.4. The highest BCUT2D eigenvalue weighted by Crippen LogP contribution is 2.18. The Kier molecular flexibility index (Phi) is 4.50. The lowest BCUT2D eigenvalue weighted by Crippen LogP contribution is -2.48. The van der Waals surface area contributed by atoms with E-state index in [4.69, 9.17) is 10.5 Å². The average molecular weight is 332 g/mol. The van der Waals surface area contributed by atoms with Crippen molar-refractivity contribution < 1.29 is 19.1 Å². The summed E-state index contributed by atoms with van der Waals surface area (Å²) in [6.45, 7) is 1.46. The molecule has 0 aromatic heterocycles. The van der Waals surface area contributed by atoms with Crippen LogP contribution in [0, 0.1) is 0 Å². The van der Waals surface area contributed by atoms with Crippen molar-refractivity contribution in [3.8, 4) is 0 Å². The van der Waals surface area contributed by atoms with Gasteiger partial charge in [-0.2, -0.15) is 0 Å². The number of benzene rings is 1. The topological polar surface area (TPSA) is 105 Å². The van der Waals surface area contributed by atoms with Gasteiger partial charge in [-0.15, -0.1) is 0 Å². The monoisotopic (exact) mass is 332 g/mol. The average Bonchev–Trinajstić information content (AvgIpc) is 2.82. The van der Waals surface area contributed by atoms with Crippen LogP contribution in [0.3, 0.4) is 0 Å². The van der Waals surface area contributed by atoms with E-state index in [1.165, 1.54) is 4.90 Å². The third-order valence-corrected chi connectivity index (χ3v) is 4.31. The molecule has 2 aliphatic rings. The predicted octanol–water partition coefficient (Wildman–Crippen LogP) is -1.05. The Morgan fingerprint density at radius 1 is 1.29 bits per heavy atom. The number of ether oxygens (including phenoxy) is 1. The van der Waals surface area contributed by atoms with E-state index in [9.17, 15) is 14.4 Å². The molecule has 2 aliphatic heterocycles. The summed E-state index contributed by atoms with van der Waals surface area (Å²) in [5, 5.41) is 2.79. The number of likely N-dealkylation sites (N-methyl/N-ethyl adjacent to an activating group) is 1. The third kappa shape index (κ3) is 3.10. The standard InChI is InChI=1S/C16H20N4O4/c1-19-8-12(14(17)16(19)23)18-15(22)10-2-4-11(5-3-10)20-6-7-24-9-13(20)21/h2-5,12,14H,6-9,17H2,1H3,(H,18,22). The van der Waals surface area contributed by atoms with Crippen LogP contribution in [0.5, 0.6) is 0 Å². The lowest BCUT2D eigenvalue weighted by Gasteiger charge is -2.26. The molecule has 2 heterocycles. The second kappa shape index (κ2) is 6.58. The van der Waals surface area contributed by atoms with Crippen molar-refractivity contribution in [1.29, 1.82) is 0 Å². The zero-order chi connectivity index (χ0) is 17.3. The summed E-state index contributed by atoms with van der Waals surface area (Å²) in [7, 11) is 1.66. The lowest BCUT2D eigenvalue weighted by molar-refractivity contribution is -0.127.